The van der Waals surface area contributed by atoms with Gasteiger partial charge in [0.1, 0.15) is 11.5 Å². The maximum absolute atomic E-state index is 11.8. The summed E-state index contributed by atoms with van der Waals surface area (Å²) in [6.07, 6.45) is 0. The van der Waals surface area contributed by atoms with E-state index in [2.05, 4.69) is 121 Å². The monoisotopic (exact) mass is 520 g/mol. The van der Waals surface area contributed by atoms with Crippen molar-refractivity contribution in [2.75, 3.05) is 0 Å². The molecule has 0 unspecified atom stereocenters. The molecule has 0 saturated carbocycles. The third-order valence-electron chi connectivity index (χ3n) is 7.51. The van der Waals surface area contributed by atoms with Crippen LogP contribution in [0.25, 0.3) is 21.6 Å². The van der Waals surface area contributed by atoms with Gasteiger partial charge < -0.3 is 10.2 Å². The minimum atomic E-state index is -0.216. The summed E-state index contributed by atoms with van der Waals surface area (Å²) in [6.45, 7) is 30.6. The smallest absolute Gasteiger partial charge is 0.128 e. The van der Waals surface area contributed by atoms with Crippen LogP contribution in [0.5, 0.6) is 11.5 Å². The normalized spacial score (nSPS) is 13.4. The van der Waals surface area contributed by atoms with Gasteiger partial charge in [-0.25, -0.2) is 0 Å². The lowest BCUT2D eigenvalue weighted by Crippen LogP contribution is -2.19. The van der Waals surface area contributed by atoms with E-state index in [1.165, 1.54) is 11.1 Å². The molecule has 0 saturated heterocycles. The van der Waals surface area contributed by atoms with Crippen molar-refractivity contribution in [1.82, 2.24) is 0 Å². The molecule has 0 aliphatic heterocycles. The van der Waals surface area contributed by atoms with Gasteiger partial charge in [-0.05, 0) is 69.2 Å². The van der Waals surface area contributed by atoms with Crippen molar-refractivity contribution in [2.24, 2.45) is 0 Å². The summed E-state index contributed by atoms with van der Waals surface area (Å²) in [5.74, 6) is 0.694. The Bertz CT molecular complexity index is 1150. The van der Waals surface area contributed by atoms with Crippen LogP contribution in [0.3, 0.4) is 0 Å². The molecule has 0 fully saturated rings. The summed E-state index contributed by atoms with van der Waals surface area (Å²) in [7, 11) is 0. The lowest BCUT2D eigenvalue weighted by atomic mass is 9.74. The fourth-order valence-electron chi connectivity index (χ4n) is 5.54. The molecule has 202 valence electrons. The molecule has 0 atom stereocenters. The zero-order valence-electron chi connectivity index (χ0n) is 25.6. The van der Waals surface area contributed by atoms with Crippen molar-refractivity contribution in [2.45, 2.75) is 119 Å². The Labute approximate surface area is 229 Å². The molecule has 0 radical (unpaired) electrons. The van der Waals surface area contributed by atoms with Gasteiger partial charge in [0.05, 0.1) is 0 Å². The number of hydrogen-bond donors (Lipinski definition) is 2. The maximum atomic E-state index is 11.8. The van der Waals surface area contributed by atoms with Gasteiger partial charge >= 0.3 is 0 Å². The van der Waals surface area contributed by atoms with E-state index in [1.54, 1.807) is 11.3 Å². The average molecular weight is 521 g/mol. The first-order chi connectivity index (χ1) is 16.6. The van der Waals surface area contributed by atoms with Gasteiger partial charge in [0.2, 0.25) is 0 Å². The van der Waals surface area contributed by atoms with E-state index in [1.807, 2.05) is 0 Å². The van der Waals surface area contributed by atoms with E-state index in [-0.39, 0.29) is 21.7 Å². The molecule has 37 heavy (non-hydrogen) atoms. The lowest BCUT2D eigenvalue weighted by Gasteiger charge is -2.31. The number of phenols is 2. The number of aromatic hydroxyl groups is 2. The zero-order chi connectivity index (χ0) is 28.5. The van der Waals surface area contributed by atoms with Gasteiger partial charge in [-0.2, -0.15) is 0 Å². The predicted molar refractivity (Wildman–Crippen MR) is 163 cm³/mol. The van der Waals surface area contributed by atoms with E-state index in [4.69, 9.17) is 0 Å². The fourth-order valence-corrected chi connectivity index (χ4v) is 6.55. The summed E-state index contributed by atoms with van der Waals surface area (Å²) in [4.78, 5) is 1.01. The first-order valence-corrected chi connectivity index (χ1v) is 14.3. The summed E-state index contributed by atoms with van der Waals surface area (Å²) < 4.78 is 0. The van der Waals surface area contributed by atoms with Crippen molar-refractivity contribution < 1.29 is 10.2 Å². The molecule has 0 aliphatic rings. The molecule has 1 aromatic heterocycles. The molecule has 2 aromatic carbocycles. The molecule has 2 N–H and O–H groups in total. The van der Waals surface area contributed by atoms with Gasteiger partial charge in [0.15, 0.2) is 0 Å². The summed E-state index contributed by atoms with van der Waals surface area (Å²) >= 11 is 1.64. The first kappa shape index (κ1) is 29.3. The molecule has 0 amide bonds. The Balaban J connectivity index is 2.52. The number of hydrogen-bond acceptors (Lipinski definition) is 3. The van der Waals surface area contributed by atoms with Crippen LogP contribution in [0.1, 0.15) is 116 Å². The van der Waals surface area contributed by atoms with Crippen molar-refractivity contribution in [3.05, 3.63) is 57.0 Å². The maximum Gasteiger partial charge on any atom is 0.128 e. The third-order valence-corrected chi connectivity index (χ3v) is 8.44. The highest BCUT2D eigenvalue weighted by Crippen LogP contribution is 2.52. The van der Waals surface area contributed by atoms with Crippen LogP contribution >= 0.6 is 11.3 Å². The summed E-state index contributed by atoms with van der Waals surface area (Å²) in [6, 6.07) is 6.50. The predicted octanol–water partition coefficient (Wildman–Crippen LogP) is 10.3. The molecule has 0 aliphatic carbocycles. The van der Waals surface area contributed by atoms with Gasteiger partial charge in [0.25, 0.3) is 0 Å². The Kier molecular flexibility index (Phi) is 7.28. The molecule has 0 bridgehead atoms. The van der Waals surface area contributed by atoms with Crippen molar-refractivity contribution >= 4 is 11.3 Å². The quantitative estimate of drug-likeness (QED) is 0.353. The van der Waals surface area contributed by atoms with Crippen molar-refractivity contribution in [3.63, 3.8) is 0 Å². The van der Waals surface area contributed by atoms with Crippen LogP contribution in [0.4, 0.5) is 0 Å². The van der Waals surface area contributed by atoms with Crippen LogP contribution in [0.15, 0.2) is 23.6 Å². The molecular formula is C34H48O2S. The Morgan fingerprint density at radius 1 is 0.541 bits per heavy atom. The van der Waals surface area contributed by atoms with Crippen molar-refractivity contribution in [3.8, 4) is 33.1 Å². The standard InChI is InChI=1S/C34H48O2S/c1-19-22(31(3,4)5)17-24(33(9,10)11)28(35)26(19)21-15-16-37-30(21)27-20(2)23(32(6,7)8)18-25(29(27)36)34(12,13)14/h15-18,35-36H,1-14H3. The van der Waals surface area contributed by atoms with E-state index in [9.17, 15) is 10.2 Å². The Morgan fingerprint density at radius 2 is 0.892 bits per heavy atom. The number of benzene rings is 2. The molecular weight excluding hydrogens is 472 g/mol. The molecule has 3 rings (SSSR count). The average Bonchev–Trinajstić information content (AvgIpc) is 3.13. The van der Waals surface area contributed by atoms with Crippen LogP contribution in [0, 0.1) is 13.8 Å². The second-order valence-electron chi connectivity index (χ2n) is 14.8. The minimum Gasteiger partial charge on any atom is -0.507 e. The van der Waals surface area contributed by atoms with E-state index >= 15 is 0 Å². The SMILES string of the molecule is Cc1c(C(C)(C)C)cc(C(C)(C)C)c(O)c1-c1ccsc1-c1c(C)c(C(C)(C)C)cc(C(C)(C)C)c1O. The molecule has 3 aromatic rings. The highest BCUT2D eigenvalue weighted by Gasteiger charge is 2.32. The van der Waals surface area contributed by atoms with Crippen molar-refractivity contribution in [1.29, 1.82) is 0 Å². The largest absolute Gasteiger partial charge is 0.507 e. The highest BCUT2D eigenvalue weighted by molar-refractivity contribution is 7.14. The van der Waals surface area contributed by atoms with E-state index < -0.39 is 0 Å². The number of thiophene rings is 1. The fraction of sp³-hybridized carbons (Fsp3) is 0.529. The van der Waals surface area contributed by atoms with Gasteiger partial charge in [0, 0.05) is 32.7 Å². The number of phenolic OH excluding ortho intramolecular Hbond substituents is 2. The molecule has 3 heteroatoms. The number of rotatable bonds is 2. The minimum absolute atomic E-state index is 0.0758. The first-order valence-electron chi connectivity index (χ1n) is 13.4. The zero-order valence-corrected chi connectivity index (χ0v) is 26.4. The van der Waals surface area contributed by atoms with Crippen LogP contribution in [-0.2, 0) is 21.7 Å². The molecule has 2 nitrogen and oxygen atoms in total. The molecule has 1 heterocycles. The van der Waals surface area contributed by atoms with Crippen LogP contribution in [-0.4, -0.2) is 10.2 Å². The van der Waals surface area contributed by atoms with Gasteiger partial charge in [-0.15, -0.1) is 11.3 Å². The van der Waals surface area contributed by atoms with Crippen LogP contribution in [0.2, 0.25) is 0 Å². The second kappa shape index (κ2) is 9.19. The van der Waals surface area contributed by atoms with Gasteiger partial charge in [-0.1, -0.05) is 95.2 Å². The topological polar surface area (TPSA) is 40.5 Å². The van der Waals surface area contributed by atoms with Gasteiger partial charge in [-0.3, -0.25) is 0 Å². The van der Waals surface area contributed by atoms with Crippen LogP contribution < -0.4 is 0 Å². The Hall–Kier alpha value is -2.26. The third kappa shape index (κ3) is 5.35. The van der Waals surface area contributed by atoms with E-state index in [0.717, 1.165) is 43.8 Å². The second-order valence-corrected chi connectivity index (χ2v) is 15.7. The summed E-state index contributed by atoms with van der Waals surface area (Å²) in [5, 5.41) is 25.7. The lowest BCUT2D eigenvalue weighted by molar-refractivity contribution is 0.444. The highest BCUT2D eigenvalue weighted by atomic mass is 32.1. The Morgan fingerprint density at radius 3 is 1.27 bits per heavy atom. The summed E-state index contributed by atoms with van der Waals surface area (Å²) in [5.41, 5.74) is 8.75. The van der Waals surface area contributed by atoms with E-state index in [0.29, 0.717) is 11.5 Å². The molecule has 0 spiro atoms.